The van der Waals surface area contributed by atoms with E-state index in [4.69, 9.17) is 4.74 Å². The van der Waals surface area contributed by atoms with E-state index in [9.17, 15) is 24.2 Å². The minimum absolute atomic E-state index is 0.0672. The van der Waals surface area contributed by atoms with Gasteiger partial charge in [0.2, 0.25) is 11.8 Å². The maximum absolute atomic E-state index is 13.7. The lowest BCUT2D eigenvalue weighted by Crippen LogP contribution is -2.55. The molecule has 0 heterocycles. The van der Waals surface area contributed by atoms with Gasteiger partial charge in [0, 0.05) is 25.1 Å². The second-order valence-electron chi connectivity index (χ2n) is 9.26. The second kappa shape index (κ2) is 13.7. The number of aliphatic hydroxyl groups is 2. The van der Waals surface area contributed by atoms with Crippen molar-refractivity contribution in [3.8, 4) is 5.75 Å². The highest BCUT2D eigenvalue weighted by atomic mass is 127. The summed E-state index contributed by atoms with van der Waals surface area (Å²) in [6.07, 6.45) is -0.339. The molecule has 0 spiro atoms. The molecule has 0 aromatic heterocycles. The molecule has 3 N–H and O–H groups in total. The van der Waals surface area contributed by atoms with Crippen LogP contribution in [0.5, 0.6) is 5.75 Å². The number of halogens is 2. The Bertz CT molecular complexity index is 1300. The number of hydrogen-bond donors (Lipinski definition) is 3. The number of amides is 2. The molecule has 0 aliphatic heterocycles. The third-order valence-corrected chi connectivity index (χ3v) is 7.39. The Hall–Kier alpha value is -3.28. The number of nitrogens with one attached hydrogen (secondary N) is 1. The van der Waals surface area contributed by atoms with Gasteiger partial charge in [-0.2, -0.15) is 0 Å². The van der Waals surface area contributed by atoms with Crippen molar-refractivity contribution in [1.82, 2.24) is 10.2 Å². The molecular formula is C30H30FIN2O5. The molecule has 39 heavy (non-hydrogen) atoms. The van der Waals surface area contributed by atoms with E-state index in [1.807, 2.05) is 48.5 Å². The molecule has 0 saturated heterocycles. The zero-order chi connectivity index (χ0) is 27.8. The summed E-state index contributed by atoms with van der Waals surface area (Å²) in [6, 6.07) is 21.6. The summed E-state index contributed by atoms with van der Waals surface area (Å²) in [4.78, 5) is 28.3. The van der Waals surface area contributed by atoms with Crippen LogP contribution in [0, 0.1) is 9.39 Å². The first kappa shape index (κ1) is 28.7. The van der Waals surface area contributed by atoms with Gasteiger partial charge in [-0.1, -0.05) is 54.6 Å². The van der Waals surface area contributed by atoms with Crippen molar-refractivity contribution in [2.75, 3.05) is 13.2 Å². The van der Waals surface area contributed by atoms with E-state index in [1.165, 1.54) is 12.1 Å². The van der Waals surface area contributed by atoms with Gasteiger partial charge in [0.15, 0.2) is 0 Å². The summed E-state index contributed by atoms with van der Waals surface area (Å²) in [5.74, 6) is -0.514. The molecule has 3 atom stereocenters. The normalized spacial score (nSPS) is 18.7. The van der Waals surface area contributed by atoms with Crippen LogP contribution in [-0.4, -0.2) is 58.3 Å². The van der Waals surface area contributed by atoms with Gasteiger partial charge in [0.25, 0.3) is 0 Å². The molecule has 3 aromatic carbocycles. The SMILES string of the molecule is O=C(NCCO)C1=CC(Oc2ccccc2I)C(O)C(N(Cc2ccc(F)cc2)C(=O)Cc2ccccc2)C1. The van der Waals surface area contributed by atoms with Crippen LogP contribution in [0.4, 0.5) is 4.39 Å². The maximum Gasteiger partial charge on any atom is 0.247 e. The Balaban J connectivity index is 1.69. The lowest BCUT2D eigenvalue weighted by Gasteiger charge is -2.40. The molecule has 0 saturated carbocycles. The van der Waals surface area contributed by atoms with Crippen LogP contribution in [0.1, 0.15) is 17.5 Å². The standard InChI is InChI=1S/C30H30FIN2O5/c31-23-12-10-21(11-13-23)19-34(28(36)16-20-6-2-1-3-7-20)25-17-22(30(38)33-14-15-35)18-27(29(25)37)39-26-9-5-4-8-24(26)32/h1-13,18,25,27,29,35,37H,14-17,19H2,(H,33,38). The lowest BCUT2D eigenvalue weighted by atomic mass is 9.87. The number of para-hydroxylation sites is 1. The van der Waals surface area contributed by atoms with Crippen molar-refractivity contribution in [3.05, 3.63) is 111 Å². The van der Waals surface area contributed by atoms with E-state index < -0.39 is 30.0 Å². The van der Waals surface area contributed by atoms with E-state index >= 15 is 0 Å². The van der Waals surface area contributed by atoms with Gasteiger partial charge in [0.05, 0.1) is 22.6 Å². The number of nitrogens with zero attached hydrogens (tertiary/aromatic N) is 1. The summed E-state index contributed by atoms with van der Waals surface area (Å²) >= 11 is 2.13. The minimum Gasteiger partial charge on any atom is -0.482 e. The van der Waals surface area contributed by atoms with Crippen LogP contribution in [-0.2, 0) is 22.6 Å². The van der Waals surface area contributed by atoms with Crippen LogP contribution in [0.3, 0.4) is 0 Å². The van der Waals surface area contributed by atoms with Crippen molar-refractivity contribution >= 4 is 34.4 Å². The number of aliphatic hydroxyl groups excluding tert-OH is 2. The number of carbonyl (C=O) groups excluding carboxylic acids is 2. The van der Waals surface area contributed by atoms with Gasteiger partial charge in [-0.15, -0.1) is 0 Å². The topological polar surface area (TPSA) is 99.1 Å². The third-order valence-electron chi connectivity index (χ3n) is 6.50. The molecular weight excluding hydrogens is 614 g/mol. The predicted octanol–water partition coefficient (Wildman–Crippen LogP) is 3.62. The maximum atomic E-state index is 13.7. The van der Waals surface area contributed by atoms with E-state index in [0.717, 1.165) is 9.13 Å². The fourth-order valence-corrected chi connectivity index (χ4v) is 5.03. The van der Waals surface area contributed by atoms with Gasteiger partial charge in [-0.3, -0.25) is 9.59 Å². The highest BCUT2D eigenvalue weighted by Crippen LogP contribution is 2.30. The van der Waals surface area contributed by atoms with Crippen LogP contribution in [0.2, 0.25) is 0 Å². The van der Waals surface area contributed by atoms with Crippen molar-refractivity contribution < 1.29 is 28.9 Å². The van der Waals surface area contributed by atoms with Crippen LogP contribution in [0.15, 0.2) is 90.5 Å². The Kier molecular flexibility index (Phi) is 10.1. The van der Waals surface area contributed by atoms with Crippen molar-refractivity contribution in [3.63, 3.8) is 0 Å². The van der Waals surface area contributed by atoms with E-state index in [2.05, 4.69) is 27.9 Å². The highest BCUT2D eigenvalue weighted by Gasteiger charge is 2.40. The predicted molar refractivity (Wildman–Crippen MR) is 153 cm³/mol. The third kappa shape index (κ3) is 7.65. The zero-order valence-corrected chi connectivity index (χ0v) is 23.3. The van der Waals surface area contributed by atoms with Crippen molar-refractivity contribution in [1.29, 1.82) is 0 Å². The van der Waals surface area contributed by atoms with Crippen molar-refractivity contribution in [2.45, 2.75) is 37.6 Å². The van der Waals surface area contributed by atoms with Crippen LogP contribution in [0.25, 0.3) is 0 Å². The summed E-state index contributed by atoms with van der Waals surface area (Å²) in [7, 11) is 0. The average Bonchev–Trinajstić information content (AvgIpc) is 2.94. The molecule has 0 bridgehead atoms. The molecule has 1 aliphatic carbocycles. The fraction of sp³-hybridized carbons (Fsp3) is 0.267. The second-order valence-corrected chi connectivity index (χ2v) is 10.4. The number of benzene rings is 3. The molecule has 9 heteroatoms. The van der Waals surface area contributed by atoms with Crippen LogP contribution < -0.4 is 10.1 Å². The van der Waals surface area contributed by atoms with Gasteiger partial charge in [0.1, 0.15) is 23.8 Å². The quantitative estimate of drug-likeness (QED) is 0.293. The molecule has 2 amide bonds. The molecule has 7 nitrogen and oxygen atoms in total. The smallest absolute Gasteiger partial charge is 0.247 e. The van der Waals surface area contributed by atoms with Gasteiger partial charge in [-0.05, 0) is 64.1 Å². The minimum atomic E-state index is -1.16. The average molecular weight is 644 g/mol. The molecule has 1 aliphatic rings. The van der Waals surface area contributed by atoms with Crippen molar-refractivity contribution in [2.24, 2.45) is 0 Å². The number of carbonyl (C=O) groups is 2. The number of ether oxygens (including phenoxy) is 1. The Morgan fingerprint density at radius 3 is 2.38 bits per heavy atom. The van der Waals surface area contributed by atoms with Gasteiger partial charge < -0.3 is 25.2 Å². The Morgan fingerprint density at radius 1 is 1.00 bits per heavy atom. The van der Waals surface area contributed by atoms with E-state index in [0.29, 0.717) is 16.9 Å². The molecule has 204 valence electrons. The first-order valence-electron chi connectivity index (χ1n) is 12.6. The van der Waals surface area contributed by atoms with Gasteiger partial charge >= 0.3 is 0 Å². The first-order valence-corrected chi connectivity index (χ1v) is 13.7. The monoisotopic (exact) mass is 644 g/mol. The Labute approximate surface area is 240 Å². The summed E-state index contributed by atoms with van der Waals surface area (Å²) in [5, 5.41) is 23.4. The molecule has 0 fully saturated rings. The molecule has 3 unspecified atom stereocenters. The summed E-state index contributed by atoms with van der Waals surface area (Å²) in [6.45, 7) is -0.0496. The summed E-state index contributed by atoms with van der Waals surface area (Å²) < 4.78 is 20.6. The first-order chi connectivity index (χ1) is 18.9. The molecule has 4 rings (SSSR count). The largest absolute Gasteiger partial charge is 0.482 e. The zero-order valence-electron chi connectivity index (χ0n) is 21.2. The fourth-order valence-electron chi connectivity index (χ4n) is 4.52. The van der Waals surface area contributed by atoms with Crippen LogP contribution >= 0.6 is 22.6 Å². The highest BCUT2D eigenvalue weighted by molar-refractivity contribution is 14.1. The molecule has 0 radical (unpaired) electrons. The lowest BCUT2D eigenvalue weighted by molar-refractivity contribution is -0.138. The molecule has 3 aromatic rings. The summed E-state index contributed by atoms with van der Waals surface area (Å²) in [5.41, 5.74) is 1.83. The van der Waals surface area contributed by atoms with E-state index in [-0.39, 0.29) is 38.4 Å². The Morgan fingerprint density at radius 2 is 1.69 bits per heavy atom. The number of rotatable bonds is 10. The number of hydrogen-bond acceptors (Lipinski definition) is 5. The van der Waals surface area contributed by atoms with E-state index in [1.54, 1.807) is 29.2 Å². The van der Waals surface area contributed by atoms with Gasteiger partial charge in [-0.25, -0.2) is 4.39 Å².